The summed E-state index contributed by atoms with van der Waals surface area (Å²) in [6.07, 6.45) is 0.372. The maximum absolute atomic E-state index is 12.8. The van der Waals surface area contributed by atoms with E-state index in [1.165, 1.54) is 23.5 Å². The lowest BCUT2D eigenvalue weighted by Gasteiger charge is -2.13. The minimum Gasteiger partial charge on any atom is -0.465 e. The standard InChI is InChI=1S/C22H18ClN3O5S/c1-2-31-20(29)12-25-16-8-5-14(23)11-17(16)32-22(25)24-21(30)13-3-6-15(7-4-13)26-18(27)9-10-19(26)28/h3-8,11H,2,9-10,12H2,1H3. The van der Waals surface area contributed by atoms with Gasteiger partial charge in [0.05, 0.1) is 22.5 Å². The van der Waals surface area contributed by atoms with E-state index in [1.54, 1.807) is 41.8 Å². The van der Waals surface area contributed by atoms with Gasteiger partial charge in [0, 0.05) is 23.4 Å². The van der Waals surface area contributed by atoms with Crippen molar-refractivity contribution in [1.29, 1.82) is 0 Å². The van der Waals surface area contributed by atoms with Crippen LogP contribution in [-0.2, 0) is 25.7 Å². The zero-order chi connectivity index (χ0) is 22.8. The number of rotatable bonds is 5. The highest BCUT2D eigenvalue weighted by molar-refractivity contribution is 7.16. The summed E-state index contributed by atoms with van der Waals surface area (Å²) in [7, 11) is 0. The Kier molecular flexibility index (Phi) is 6.20. The second kappa shape index (κ2) is 9.05. The SMILES string of the molecule is CCOC(=O)Cn1c(=NC(=O)c2ccc(N3C(=O)CCC3=O)cc2)sc2cc(Cl)ccc21. The molecule has 1 saturated heterocycles. The number of fused-ring (bicyclic) bond motifs is 1. The minimum atomic E-state index is -0.522. The van der Waals surface area contributed by atoms with Gasteiger partial charge in [-0.15, -0.1) is 0 Å². The quantitative estimate of drug-likeness (QED) is 0.420. The number of hydrogen-bond donors (Lipinski definition) is 0. The number of esters is 1. The third kappa shape index (κ3) is 4.35. The highest BCUT2D eigenvalue weighted by Crippen LogP contribution is 2.24. The maximum Gasteiger partial charge on any atom is 0.326 e. The Morgan fingerprint density at radius 3 is 2.44 bits per heavy atom. The van der Waals surface area contributed by atoms with E-state index in [4.69, 9.17) is 16.3 Å². The molecule has 1 aliphatic rings. The van der Waals surface area contributed by atoms with Crippen molar-refractivity contribution in [2.24, 2.45) is 4.99 Å². The summed E-state index contributed by atoms with van der Waals surface area (Å²) in [4.78, 5) is 54.4. The van der Waals surface area contributed by atoms with Crippen molar-refractivity contribution >= 4 is 62.5 Å². The van der Waals surface area contributed by atoms with Crippen molar-refractivity contribution in [1.82, 2.24) is 4.57 Å². The van der Waals surface area contributed by atoms with Gasteiger partial charge in [-0.05, 0) is 49.4 Å². The van der Waals surface area contributed by atoms with E-state index in [-0.39, 0.29) is 43.4 Å². The van der Waals surface area contributed by atoms with Crippen molar-refractivity contribution in [2.75, 3.05) is 11.5 Å². The number of thiazole rings is 1. The summed E-state index contributed by atoms with van der Waals surface area (Å²) >= 11 is 7.31. The van der Waals surface area contributed by atoms with Gasteiger partial charge in [-0.3, -0.25) is 24.1 Å². The van der Waals surface area contributed by atoms with Crippen LogP contribution < -0.4 is 9.70 Å². The number of halogens is 1. The van der Waals surface area contributed by atoms with Crippen LogP contribution in [0.2, 0.25) is 5.02 Å². The van der Waals surface area contributed by atoms with Crippen LogP contribution in [0, 0.1) is 0 Å². The van der Waals surface area contributed by atoms with Crippen LogP contribution >= 0.6 is 22.9 Å². The summed E-state index contributed by atoms with van der Waals surface area (Å²) in [5.74, 6) is -1.49. The van der Waals surface area contributed by atoms with Crippen molar-refractivity contribution < 1.29 is 23.9 Å². The first kappa shape index (κ1) is 21.9. The fraction of sp³-hybridized carbons (Fsp3) is 0.227. The zero-order valence-corrected chi connectivity index (χ0v) is 18.6. The number of nitrogens with zero attached hydrogens (tertiary/aromatic N) is 3. The number of ether oxygens (including phenoxy) is 1. The Morgan fingerprint density at radius 1 is 1.09 bits per heavy atom. The van der Waals surface area contributed by atoms with Gasteiger partial charge in [0.15, 0.2) is 4.80 Å². The molecule has 4 rings (SSSR count). The summed E-state index contributed by atoms with van der Waals surface area (Å²) < 4.78 is 7.43. The topological polar surface area (TPSA) is 98.0 Å². The van der Waals surface area contributed by atoms with E-state index in [1.807, 2.05) is 0 Å². The first-order chi connectivity index (χ1) is 15.4. The molecular weight excluding hydrogens is 454 g/mol. The predicted octanol–water partition coefficient (Wildman–Crippen LogP) is 3.31. The molecular formula is C22H18ClN3O5S. The molecule has 0 atom stereocenters. The van der Waals surface area contributed by atoms with Crippen LogP contribution in [0.3, 0.4) is 0 Å². The zero-order valence-electron chi connectivity index (χ0n) is 17.0. The Morgan fingerprint density at radius 2 is 1.78 bits per heavy atom. The Balaban J connectivity index is 1.69. The molecule has 0 N–H and O–H groups in total. The summed E-state index contributed by atoms with van der Waals surface area (Å²) in [6.45, 7) is 1.86. The number of benzene rings is 2. The van der Waals surface area contributed by atoms with Gasteiger partial charge >= 0.3 is 5.97 Å². The number of amides is 3. The van der Waals surface area contributed by atoms with E-state index in [0.717, 1.165) is 9.60 Å². The molecule has 164 valence electrons. The molecule has 3 amide bonds. The number of aromatic nitrogens is 1. The molecule has 1 aliphatic heterocycles. The lowest BCUT2D eigenvalue weighted by atomic mass is 10.2. The molecule has 0 bridgehead atoms. The van der Waals surface area contributed by atoms with Crippen molar-refractivity contribution in [2.45, 2.75) is 26.3 Å². The Labute approximate surface area is 191 Å². The molecule has 0 aliphatic carbocycles. The molecule has 0 spiro atoms. The van der Waals surface area contributed by atoms with Gasteiger partial charge in [0.2, 0.25) is 11.8 Å². The van der Waals surface area contributed by atoms with Gasteiger partial charge < -0.3 is 9.30 Å². The molecule has 0 saturated carbocycles. The molecule has 8 nitrogen and oxygen atoms in total. The van der Waals surface area contributed by atoms with E-state index in [0.29, 0.717) is 21.0 Å². The minimum absolute atomic E-state index is 0.0975. The smallest absolute Gasteiger partial charge is 0.326 e. The van der Waals surface area contributed by atoms with Crippen LogP contribution in [0.5, 0.6) is 0 Å². The van der Waals surface area contributed by atoms with Gasteiger partial charge in [-0.2, -0.15) is 4.99 Å². The van der Waals surface area contributed by atoms with Gasteiger partial charge in [-0.25, -0.2) is 0 Å². The number of carbonyl (C=O) groups excluding carboxylic acids is 4. The fourth-order valence-electron chi connectivity index (χ4n) is 3.39. The fourth-order valence-corrected chi connectivity index (χ4v) is 4.69. The van der Waals surface area contributed by atoms with Crippen LogP contribution in [0.15, 0.2) is 47.5 Å². The molecule has 0 radical (unpaired) electrons. The van der Waals surface area contributed by atoms with Crippen molar-refractivity contribution in [3.05, 3.63) is 57.9 Å². The third-order valence-electron chi connectivity index (χ3n) is 4.86. The largest absolute Gasteiger partial charge is 0.465 e. The van der Waals surface area contributed by atoms with Crippen molar-refractivity contribution in [3.63, 3.8) is 0 Å². The average Bonchev–Trinajstić information content (AvgIpc) is 3.26. The number of imide groups is 1. The Bertz CT molecular complexity index is 1290. The molecule has 0 unspecified atom stereocenters. The number of carbonyl (C=O) groups is 4. The van der Waals surface area contributed by atoms with Crippen LogP contribution in [0.1, 0.15) is 30.1 Å². The first-order valence-corrected chi connectivity index (χ1v) is 11.1. The van der Waals surface area contributed by atoms with E-state index in [2.05, 4.69) is 4.99 Å². The average molecular weight is 472 g/mol. The van der Waals surface area contributed by atoms with E-state index in [9.17, 15) is 19.2 Å². The molecule has 1 aromatic heterocycles. The number of anilines is 1. The van der Waals surface area contributed by atoms with Crippen molar-refractivity contribution in [3.8, 4) is 0 Å². The first-order valence-electron chi connectivity index (χ1n) is 9.87. The molecule has 2 heterocycles. The lowest BCUT2D eigenvalue weighted by Crippen LogP contribution is -2.28. The summed E-state index contributed by atoms with van der Waals surface area (Å²) in [5, 5.41) is 0.529. The monoisotopic (exact) mass is 471 g/mol. The highest BCUT2D eigenvalue weighted by atomic mass is 35.5. The van der Waals surface area contributed by atoms with Gasteiger partial charge in [0.1, 0.15) is 6.54 Å². The summed E-state index contributed by atoms with van der Waals surface area (Å²) in [5.41, 5.74) is 1.41. The second-order valence-electron chi connectivity index (χ2n) is 6.97. The van der Waals surface area contributed by atoms with Crippen LogP contribution in [0.4, 0.5) is 5.69 Å². The van der Waals surface area contributed by atoms with Crippen LogP contribution in [-0.4, -0.2) is 34.9 Å². The molecule has 10 heteroatoms. The third-order valence-corrected chi connectivity index (χ3v) is 6.13. The second-order valence-corrected chi connectivity index (χ2v) is 8.42. The molecule has 3 aromatic rings. The molecule has 1 fully saturated rings. The van der Waals surface area contributed by atoms with E-state index < -0.39 is 11.9 Å². The highest BCUT2D eigenvalue weighted by Gasteiger charge is 2.30. The molecule has 32 heavy (non-hydrogen) atoms. The Hall–Kier alpha value is -3.30. The lowest BCUT2D eigenvalue weighted by molar-refractivity contribution is -0.143. The molecule has 2 aromatic carbocycles. The van der Waals surface area contributed by atoms with Crippen LogP contribution in [0.25, 0.3) is 10.2 Å². The summed E-state index contributed by atoms with van der Waals surface area (Å²) in [6, 6.07) is 11.3. The van der Waals surface area contributed by atoms with E-state index >= 15 is 0 Å². The normalized spacial score (nSPS) is 14.4. The maximum atomic E-state index is 12.8. The van der Waals surface area contributed by atoms with Gasteiger partial charge in [0.25, 0.3) is 5.91 Å². The predicted molar refractivity (Wildman–Crippen MR) is 120 cm³/mol. The van der Waals surface area contributed by atoms with Gasteiger partial charge in [-0.1, -0.05) is 22.9 Å². The number of hydrogen-bond acceptors (Lipinski definition) is 6.